The van der Waals surface area contributed by atoms with Crippen molar-refractivity contribution in [2.45, 2.75) is 56.8 Å². The van der Waals surface area contributed by atoms with Crippen LogP contribution in [0.15, 0.2) is 12.4 Å². The Kier molecular flexibility index (Phi) is 5.03. The Morgan fingerprint density at radius 1 is 1.43 bits per heavy atom. The number of carbonyl (C=O) groups excluding carboxylic acids is 1. The summed E-state index contributed by atoms with van der Waals surface area (Å²) in [7, 11) is 1.35. The summed E-state index contributed by atoms with van der Waals surface area (Å²) in [6, 6.07) is -0.143. The Labute approximate surface area is 132 Å². The molecule has 0 bridgehead atoms. The quantitative estimate of drug-likeness (QED) is 0.888. The number of amides is 1. The molecule has 1 saturated carbocycles. The lowest BCUT2D eigenvalue weighted by atomic mass is 9.85. The smallest absolute Gasteiger partial charge is 0.374 e. The lowest BCUT2D eigenvalue weighted by Crippen LogP contribution is -2.50. The monoisotopic (exact) mass is 333 g/mol. The molecule has 0 unspecified atom stereocenters. The molecule has 23 heavy (non-hydrogen) atoms. The minimum absolute atomic E-state index is 0.143. The third-order valence-electron chi connectivity index (χ3n) is 4.53. The van der Waals surface area contributed by atoms with Crippen molar-refractivity contribution in [3.05, 3.63) is 18.2 Å². The van der Waals surface area contributed by atoms with Crippen LogP contribution in [0.4, 0.5) is 13.2 Å². The lowest BCUT2D eigenvalue weighted by molar-refractivity contribution is -0.271. The van der Waals surface area contributed by atoms with Crippen molar-refractivity contribution in [2.24, 2.45) is 13.0 Å². The predicted octanol–water partition coefficient (Wildman–Crippen LogP) is 2.25. The van der Waals surface area contributed by atoms with Crippen LogP contribution >= 0.6 is 0 Å². The highest BCUT2D eigenvalue weighted by molar-refractivity contribution is 5.77. The second kappa shape index (κ2) is 6.51. The third kappa shape index (κ3) is 3.68. The Morgan fingerprint density at radius 2 is 2.09 bits per heavy atom. The molecule has 0 saturated heterocycles. The van der Waals surface area contributed by atoms with Crippen LogP contribution in [0.3, 0.4) is 0 Å². The summed E-state index contributed by atoms with van der Waals surface area (Å²) in [5, 5.41) is 12.8. The van der Waals surface area contributed by atoms with Crippen molar-refractivity contribution in [2.75, 3.05) is 0 Å². The number of nitrogens with one attached hydrogen (secondary N) is 1. The van der Waals surface area contributed by atoms with Gasteiger partial charge in [-0.25, -0.2) is 4.98 Å². The number of rotatable bonds is 4. The van der Waals surface area contributed by atoms with Crippen molar-refractivity contribution in [3.63, 3.8) is 0 Å². The van der Waals surface area contributed by atoms with Crippen LogP contribution in [0.5, 0.6) is 0 Å². The Balaban J connectivity index is 2.15. The molecule has 130 valence electrons. The van der Waals surface area contributed by atoms with Crippen LogP contribution in [0.25, 0.3) is 0 Å². The van der Waals surface area contributed by atoms with Gasteiger partial charge in [-0.15, -0.1) is 0 Å². The molecule has 5 nitrogen and oxygen atoms in total. The molecule has 1 aromatic heterocycles. The number of hydrogen-bond donors (Lipinski definition) is 2. The van der Waals surface area contributed by atoms with Crippen LogP contribution in [0.1, 0.15) is 44.9 Å². The maximum Gasteiger partial charge on any atom is 0.425 e. The van der Waals surface area contributed by atoms with Gasteiger partial charge >= 0.3 is 6.18 Å². The SMILES string of the molecule is C[C@@H]1CCCC[C@H]1NC(=O)C[C@](O)(c1nccn1C)C(F)(F)F. The second-order valence-electron chi connectivity index (χ2n) is 6.33. The maximum absolute atomic E-state index is 13.4. The minimum atomic E-state index is -5.00. The average Bonchev–Trinajstić information content (AvgIpc) is 2.86. The van der Waals surface area contributed by atoms with Gasteiger partial charge in [-0.1, -0.05) is 19.8 Å². The van der Waals surface area contributed by atoms with Crippen LogP contribution < -0.4 is 5.32 Å². The van der Waals surface area contributed by atoms with E-state index in [9.17, 15) is 23.1 Å². The molecule has 0 aromatic carbocycles. The largest absolute Gasteiger partial charge is 0.425 e. The van der Waals surface area contributed by atoms with Gasteiger partial charge in [0.05, 0.1) is 6.42 Å². The molecule has 1 fully saturated rings. The van der Waals surface area contributed by atoms with Gasteiger partial charge in [0.1, 0.15) is 0 Å². The van der Waals surface area contributed by atoms with Crippen LogP contribution in [0.2, 0.25) is 0 Å². The van der Waals surface area contributed by atoms with Crippen LogP contribution in [-0.4, -0.2) is 32.8 Å². The Bertz CT molecular complexity index is 558. The minimum Gasteiger partial charge on any atom is -0.374 e. The first-order chi connectivity index (χ1) is 10.6. The van der Waals surface area contributed by atoms with Gasteiger partial charge in [0.25, 0.3) is 0 Å². The first-order valence-electron chi connectivity index (χ1n) is 7.71. The topological polar surface area (TPSA) is 67.2 Å². The number of halogens is 3. The van der Waals surface area contributed by atoms with E-state index < -0.39 is 29.9 Å². The predicted molar refractivity (Wildman–Crippen MR) is 77.3 cm³/mol. The molecule has 0 radical (unpaired) electrons. The summed E-state index contributed by atoms with van der Waals surface area (Å²) in [4.78, 5) is 15.7. The fourth-order valence-corrected chi connectivity index (χ4v) is 3.09. The number of nitrogens with zero attached hydrogens (tertiary/aromatic N) is 2. The summed E-state index contributed by atoms with van der Waals surface area (Å²) in [6.07, 6.45) is 0.0611. The standard InChI is InChI=1S/C15H22F3N3O2/c1-10-5-3-4-6-11(10)20-12(22)9-14(23,15(16,17)18)13-19-7-8-21(13)2/h7-8,10-11,23H,3-6,9H2,1-2H3,(H,20,22)/t10-,11-,14+/m1/s1. The number of aryl methyl sites for hydroxylation is 1. The fraction of sp³-hybridized carbons (Fsp3) is 0.733. The van der Waals surface area contributed by atoms with E-state index in [4.69, 9.17) is 0 Å². The zero-order valence-electron chi connectivity index (χ0n) is 13.2. The summed E-state index contributed by atoms with van der Waals surface area (Å²) in [6.45, 7) is 1.97. The van der Waals surface area contributed by atoms with Crippen LogP contribution in [0, 0.1) is 5.92 Å². The number of imidazole rings is 1. The van der Waals surface area contributed by atoms with Gasteiger partial charge in [0.2, 0.25) is 11.5 Å². The number of aromatic nitrogens is 2. The van der Waals surface area contributed by atoms with E-state index in [1.54, 1.807) is 0 Å². The molecular formula is C15H22F3N3O2. The van der Waals surface area contributed by atoms with E-state index in [2.05, 4.69) is 10.3 Å². The van der Waals surface area contributed by atoms with Gasteiger partial charge in [-0.05, 0) is 18.8 Å². The number of alkyl halides is 3. The third-order valence-corrected chi connectivity index (χ3v) is 4.53. The van der Waals surface area contributed by atoms with Crippen molar-refractivity contribution in [1.82, 2.24) is 14.9 Å². The molecule has 2 N–H and O–H groups in total. The van der Waals surface area contributed by atoms with E-state index in [1.165, 1.54) is 13.2 Å². The van der Waals surface area contributed by atoms with Gasteiger partial charge in [-0.3, -0.25) is 4.79 Å². The molecule has 2 rings (SSSR count). The lowest BCUT2D eigenvalue weighted by Gasteiger charge is -2.32. The van der Waals surface area contributed by atoms with E-state index in [1.807, 2.05) is 6.92 Å². The average molecular weight is 333 g/mol. The van der Waals surface area contributed by atoms with Crippen molar-refractivity contribution in [3.8, 4) is 0 Å². The fourth-order valence-electron chi connectivity index (χ4n) is 3.09. The highest BCUT2D eigenvalue weighted by Crippen LogP contribution is 2.40. The molecule has 3 atom stereocenters. The zero-order valence-corrected chi connectivity index (χ0v) is 13.2. The Morgan fingerprint density at radius 3 is 2.61 bits per heavy atom. The zero-order chi connectivity index (χ0) is 17.3. The molecule has 1 heterocycles. The number of hydrogen-bond acceptors (Lipinski definition) is 3. The van der Waals surface area contributed by atoms with E-state index in [0.717, 1.165) is 36.4 Å². The summed E-state index contributed by atoms with van der Waals surface area (Å²) >= 11 is 0. The van der Waals surface area contributed by atoms with Crippen molar-refractivity contribution >= 4 is 5.91 Å². The molecule has 1 aromatic rings. The van der Waals surface area contributed by atoms with E-state index >= 15 is 0 Å². The summed E-state index contributed by atoms with van der Waals surface area (Å²) < 4.78 is 41.2. The molecular weight excluding hydrogens is 311 g/mol. The molecule has 0 spiro atoms. The molecule has 8 heteroatoms. The van der Waals surface area contributed by atoms with Crippen molar-refractivity contribution in [1.29, 1.82) is 0 Å². The summed E-state index contributed by atoms with van der Waals surface area (Å²) in [5.41, 5.74) is -3.30. The summed E-state index contributed by atoms with van der Waals surface area (Å²) in [5.74, 6) is -1.18. The molecule has 1 amide bonds. The number of carbonyl (C=O) groups is 1. The van der Waals surface area contributed by atoms with Crippen LogP contribution in [-0.2, 0) is 17.4 Å². The second-order valence-corrected chi connectivity index (χ2v) is 6.33. The first kappa shape index (κ1) is 17.8. The highest BCUT2D eigenvalue weighted by atomic mass is 19.4. The van der Waals surface area contributed by atoms with Gasteiger partial charge in [0, 0.05) is 25.5 Å². The molecule has 1 aliphatic carbocycles. The van der Waals surface area contributed by atoms with E-state index in [-0.39, 0.29) is 12.0 Å². The van der Waals surface area contributed by atoms with Crippen molar-refractivity contribution < 1.29 is 23.1 Å². The maximum atomic E-state index is 13.4. The van der Waals surface area contributed by atoms with E-state index in [0.29, 0.717) is 0 Å². The highest BCUT2D eigenvalue weighted by Gasteiger charge is 2.58. The molecule has 0 aliphatic heterocycles. The van der Waals surface area contributed by atoms with Gasteiger partial charge < -0.3 is 15.0 Å². The first-order valence-corrected chi connectivity index (χ1v) is 7.71. The molecule has 1 aliphatic rings. The normalized spacial score (nSPS) is 25.0. The number of aliphatic hydroxyl groups is 1. The van der Waals surface area contributed by atoms with Gasteiger partial charge in [0.15, 0.2) is 5.82 Å². The Hall–Kier alpha value is -1.57. The van der Waals surface area contributed by atoms with Gasteiger partial charge in [-0.2, -0.15) is 13.2 Å².